The predicted molar refractivity (Wildman–Crippen MR) is 84.9 cm³/mol. The van der Waals surface area contributed by atoms with E-state index in [4.69, 9.17) is 22.1 Å². The molecule has 0 fully saturated rings. The highest BCUT2D eigenvalue weighted by Gasteiger charge is 2.17. The van der Waals surface area contributed by atoms with Crippen LogP contribution in [0.5, 0.6) is 11.5 Å². The summed E-state index contributed by atoms with van der Waals surface area (Å²) >= 11 is 9.26. The molecule has 0 amide bonds. The Morgan fingerprint density at radius 3 is 2.62 bits per heavy atom. The van der Waals surface area contributed by atoms with E-state index < -0.39 is 4.92 Å². The van der Waals surface area contributed by atoms with Crippen molar-refractivity contribution >= 4 is 33.2 Å². The van der Waals surface area contributed by atoms with Crippen molar-refractivity contribution in [2.24, 2.45) is 5.73 Å². The Hall–Kier alpha value is -1.63. The van der Waals surface area contributed by atoms with Gasteiger partial charge in [-0.3, -0.25) is 10.1 Å². The molecule has 0 radical (unpaired) electrons. The van der Waals surface area contributed by atoms with Crippen LogP contribution in [0.15, 0.2) is 40.9 Å². The molecule has 0 spiro atoms. The van der Waals surface area contributed by atoms with Crippen molar-refractivity contribution in [3.05, 3.63) is 61.6 Å². The van der Waals surface area contributed by atoms with Crippen LogP contribution >= 0.6 is 27.5 Å². The quantitative estimate of drug-likeness (QED) is 0.617. The molecule has 1 atom stereocenters. The van der Waals surface area contributed by atoms with E-state index in [2.05, 4.69) is 15.9 Å². The number of nitro benzene ring substituents is 1. The van der Waals surface area contributed by atoms with Crippen LogP contribution in [0.2, 0.25) is 5.02 Å². The van der Waals surface area contributed by atoms with E-state index in [0.717, 1.165) is 10.0 Å². The summed E-state index contributed by atoms with van der Waals surface area (Å²) in [6.07, 6.45) is 0. The molecule has 0 aliphatic carbocycles. The Bertz CT molecular complexity index is 692. The predicted octanol–water partition coefficient (Wildman–Crippen LogP) is 4.82. The average Bonchev–Trinajstić information content (AvgIpc) is 2.37. The molecule has 0 saturated carbocycles. The molecule has 2 aromatic carbocycles. The van der Waals surface area contributed by atoms with Crippen LogP contribution < -0.4 is 10.5 Å². The zero-order valence-corrected chi connectivity index (χ0v) is 13.4. The van der Waals surface area contributed by atoms with Crippen molar-refractivity contribution in [1.82, 2.24) is 0 Å². The summed E-state index contributed by atoms with van der Waals surface area (Å²) in [5.41, 5.74) is 6.60. The number of hydrogen-bond donors (Lipinski definition) is 1. The van der Waals surface area contributed by atoms with E-state index in [1.54, 1.807) is 18.2 Å². The number of benzene rings is 2. The third-order valence-corrected chi connectivity index (χ3v) is 3.73. The smallest absolute Gasteiger partial charge is 0.311 e. The van der Waals surface area contributed by atoms with E-state index in [0.29, 0.717) is 10.8 Å². The largest absolute Gasteiger partial charge is 0.450 e. The summed E-state index contributed by atoms with van der Waals surface area (Å²) < 4.78 is 6.35. The average molecular weight is 372 g/mol. The summed E-state index contributed by atoms with van der Waals surface area (Å²) in [6, 6.07) is 9.25. The topological polar surface area (TPSA) is 78.4 Å². The van der Waals surface area contributed by atoms with Gasteiger partial charge in [-0.2, -0.15) is 0 Å². The second kappa shape index (κ2) is 6.43. The first-order valence-corrected chi connectivity index (χ1v) is 7.22. The lowest BCUT2D eigenvalue weighted by molar-refractivity contribution is -0.385. The molecule has 2 N–H and O–H groups in total. The molecule has 0 unspecified atom stereocenters. The summed E-state index contributed by atoms with van der Waals surface area (Å²) in [6.45, 7) is 1.86. The van der Waals surface area contributed by atoms with E-state index in [9.17, 15) is 10.1 Å². The molecule has 0 heterocycles. The molecule has 0 aromatic heterocycles. The van der Waals surface area contributed by atoms with Crippen molar-refractivity contribution in [2.45, 2.75) is 13.0 Å². The molecule has 0 saturated heterocycles. The summed E-state index contributed by atoms with van der Waals surface area (Å²) in [7, 11) is 0. The van der Waals surface area contributed by atoms with Gasteiger partial charge in [-0.1, -0.05) is 33.6 Å². The van der Waals surface area contributed by atoms with Gasteiger partial charge in [-0.15, -0.1) is 0 Å². The maximum Gasteiger partial charge on any atom is 0.311 e. The van der Waals surface area contributed by atoms with E-state index in [-0.39, 0.29) is 17.5 Å². The molecule has 0 aliphatic heterocycles. The molecule has 21 heavy (non-hydrogen) atoms. The fourth-order valence-corrected chi connectivity index (χ4v) is 2.67. The number of nitrogens with zero attached hydrogens (tertiary/aromatic N) is 1. The van der Waals surface area contributed by atoms with Crippen molar-refractivity contribution in [3.8, 4) is 11.5 Å². The van der Waals surface area contributed by atoms with Gasteiger partial charge in [-0.25, -0.2) is 0 Å². The van der Waals surface area contributed by atoms with Crippen molar-refractivity contribution in [1.29, 1.82) is 0 Å². The van der Waals surface area contributed by atoms with Gasteiger partial charge in [0.05, 0.1) is 4.92 Å². The molecule has 0 aliphatic rings. The maximum atomic E-state index is 11.0. The monoisotopic (exact) mass is 370 g/mol. The first-order valence-electron chi connectivity index (χ1n) is 6.05. The lowest BCUT2D eigenvalue weighted by Gasteiger charge is -2.11. The van der Waals surface area contributed by atoms with Crippen LogP contribution in [-0.2, 0) is 0 Å². The van der Waals surface area contributed by atoms with Crippen molar-refractivity contribution in [2.75, 3.05) is 0 Å². The second-order valence-corrected chi connectivity index (χ2v) is 5.73. The summed E-state index contributed by atoms with van der Waals surface area (Å²) in [5, 5.41) is 11.4. The number of rotatable bonds is 4. The Labute approximate surface area is 134 Å². The van der Waals surface area contributed by atoms with Gasteiger partial charge in [0, 0.05) is 27.7 Å². The van der Waals surface area contributed by atoms with Gasteiger partial charge in [0.1, 0.15) is 5.75 Å². The lowest BCUT2D eigenvalue weighted by atomic mass is 10.1. The van der Waals surface area contributed by atoms with Gasteiger partial charge < -0.3 is 10.5 Å². The fraction of sp³-hybridized carbons (Fsp3) is 0.143. The van der Waals surface area contributed by atoms with E-state index in [1.807, 2.05) is 6.92 Å². The highest BCUT2D eigenvalue weighted by atomic mass is 79.9. The summed E-state index contributed by atoms with van der Waals surface area (Å²) in [4.78, 5) is 10.5. The van der Waals surface area contributed by atoms with Crippen LogP contribution in [0, 0.1) is 10.1 Å². The van der Waals surface area contributed by atoms with Gasteiger partial charge in [-0.05, 0) is 30.7 Å². The molecular formula is C14H12BrClN2O3. The molecule has 7 heteroatoms. The molecular weight excluding hydrogens is 360 g/mol. The first-order chi connectivity index (χ1) is 9.88. The number of nitrogens with two attached hydrogens (primary N) is 1. The Kier molecular flexibility index (Phi) is 4.82. The van der Waals surface area contributed by atoms with Crippen molar-refractivity contribution in [3.63, 3.8) is 0 Å². The molecule has 110 valence electrons. The van der Waals surface area contributed by atoms with Crippen LogP contribution in [0.25, 0.3) is 0 Å². The normalized spacial score (nSPS) is 12.0. The minimum Gasteiger partial charge on any atom is -0.450 e. The number of hydrogen-bond acceptors (Lipinski definition) is 4. The Balaban J connectivity index is 2.36. The molecule has 5 nitrogen and oxygen atoms in total. The SMILES string of the molecule is C[C@H](N)c1ccc(Oc2cc(Cl)ccc2[N+](=O)[O-])cc1Br. The van der Waals surface area contributed by atoms with Gasteiger partial charge in [0.2, 0.25) is 5.75 Å². The van der Waals surface area contributed by atoms with Crippen molar-refractivity contribution < 1.29 is 9.66 Å². The number of halogens is 2. The maximum absolute atomic E-state index is 11.0. The second-order valence-electron chi connectivity index (χ2n) is 4.44. The van der Waals surface area contributed by atoms with Crippen LogP contribution in [-0.4, -0.2) is 4.92 Å². The first kappa shape index (κ1) is 15.8. The third kappa shape index (κ3) is 3.72. The lowest BCUT2D eigenvalue weighted by Crippen LogP contribution is -2.05. The third-order valence-electron chi connectivity index (χ3n) is 2.81. The molecule has 2 aromatic rings. The summed E-state index contributed by atoms with van der Waals surface area (Å²) in [5.74, 6) is 0.546. The molecule has 0 bridgehead atoms. The Morgan fingerprint density at radius 2 is 2.05 bits per heavy atom. The standard InChI is InChI=1S/C14H12BrClN2O3/c1-8(17)11-4-3-10(7-12(11)15)21-14-6-9(16)2-5-13(14)18(19)20/h2-8H,17H2,1H3/t8-/m0/s1. The number of ether oxygens (including phenoxy) is 1. The minimum absolute atomic E-state index is 0.0907. The van der Waals surface area contributed by atoms with Crippen LogP contribution in [0.3, 0.4) is 0 Å². The highest BCUT2D eigenvalue weighted by molar-refractivity contribution is 9.10. The highest BCUT2D eigenvalue weighted by Crippen LogP contribution is 2.35. The van der Waals surface area contributed by atoms with E-state index >= 15 is 0 Å². The fourth-order valence-electron chi connectivity index (χ4n) is 1.79. The zero-order chi connectivity index (χ0) is 15.6. The zero-order valence-electron chi connectivity index (χ0n) is 11.0. The molecule has 2 rings (SSSR count). The van der Waals surface area contributed by atoms with Crippen LogP contribution in [0.1, 0.15) is 18.5 Å². The van der Waals surface area contributed by atoms with E-state index in [1.165, 1.54) is 18.2 Å². The van der Waals surface area contributed by atoms with Gasteiger partial charge in [0.15, 0.2) is 0 Å². The Morgan fingerprint density at radius 1 is 1.33 bits per heavy atom. The minimum atomic E-state index is -0.517. The van der Waals surface area contributed by atoms with Gasteiger partial charge >= 0.3 is 5.69 Å². The van der Waals surface area contributed by atoms with Crippen LogP contribution in [0.4, 0.5) is 5.69 Å². The number of nitro groups is 1. The van der Waals surface area contributed by atoms with Gasteiger partial charge in [0.25, 0.3) is 0 Å².